The van der Waals surface area contributed by atoms with E-state index in [2.05, 4.69) is 50.4 Å². The fourth-order valence-electron chi connectivity index (χ4n) is 3.99. The molecule has 0 heterocycles. The minimum Gasteiger partial charge on any atom is -0.456 e. The summed E-state index contributed by atoms with van der Waals surface area (Å²) in [5, 5.41) is 4.57. The Balaban J connectivity index is 2.47. The molecule has 15 nitrogen and oxygen atoms in total. The molecular formula is C28H36F10N2O13. The Labute approximate surface area is 293 Å². The summed E-state index contributed by atoms with van der Waals surface area (Å²) in [4.78, 5) is 57.3. The molecule has 1 rings (SSSR count). The Morgan fingerprint density at radius 2 is 1.23 bits per heavy atom. The van der Waals surface area contributed by atoms with Crippen LogP contribution >= 0.6 is 0 Å². The molecule has 1 aliphatic carbocycles. The fraction of sp³-hybridized carbons (Fsp3) is 0.750. The number of alkyl carbamates (subject to hydrolysis) is 2. The maximum absolute atomic E-state index is 13.9. The Bertz CT molecular complexity index is 1240. The van der Waals surface area contributed by atoms with Crippen LogP contribution in [0, 0.1) is 0 Å². The van der Waals surface area contributed by atoms with Crippen molar-refractivity contribution < 1.29 is 106 Å². The third-order valence-corrected chi connectivity index (χ3v) is 6.36. The number of hydrogen-bond acceptors (Lipinski definition) is 13. The van der Waals surface area contributed by atoms with Crippen LogP contribution in [0.2, 0.25) is 0 Å². The van der Waals surface area contributed by atoms with Crippen molar-refractivity contribution in [3.8, 4) is 0 Å². The molecule has 1 aliphatic rings. The number of ether oxygens (including phenoxy) is 8. The predicted molar refractivity (Wildman–Crippen MR) is 150 cm³/mol. The van der Waals surface area contributed by atoms with Gasteiger partial charge >= 0.3 is 60.8 Å². The van der Waals surface area contributed by atoms with Gasteiger partial charge in [-0.1, -0.05) is 13.5 Å². The van der Waals surface area contributed by atoms with Gasteiger partial charge in [0, 0.05) is 31.0 Å². The Morgan fingerprint density at radius 1 is 0.679 bits per heavy atom. The largest absolute Gasteiger partial charge is 0.495 e. The maximum atomic E-state index is 13.9. The third kappa shape index (κ3) is 19.5. The molecule has 2 atom stereocenters. The van der Waals surface area contributed by atoms with E-state index in [4.69, 9.17) is 4.74 Å². The van der Waals surface area contributed by atoms with Gasteiger partial charge in [0.05, 0.1) is 6.61 Å². The van der Waals surface area contributed by atoms with Crippen LogP contribution in [0.5, 0.6) is 0 Å². The quantitative estimate of drug-likeness (QED) is 0.0332. The number of alkyl halides is 10. The van der Waals surface area contributed by atoms with E-state index < -0.39 is 99.3 Å². The molecule has 1 saturated carbocycles. The van der Waals surface area contributed by atoms with Crippen LogP contribution in [-0.2, 0) is 52.3 Å². The van der Waals surface area contributed by atoms with Gasteiger partial charge in [-0.2, -0.15) is 35.1 Å². The summed E-state index contributed by atoms with van der Waals surface area (Å²) in [6.07, 6.45) is -30.6. The van der Waals surface area contributed by atoms with E-state index in [1.165, 1.54) is 0 Å². The highest BCUT2D eigenvalue weighted by Crippen LogP contribution is 2.44. The molecule has 306 valence electrons. The van der Waals surface area contributed by atoms with Crippen LogP contribution in [0.1, 0.15) is 64.7 Å². The average molecular weight is 799 g/mol. The zero-order valence-corrected chi connectivity index (χ0v) is 27.7. The highest BCUT2D eigenvalue weighted by molar-refractivity contribution is 5.81. The highest BCUT2D eigenvalue weighted by Gasteiger charge is 2.69. The topological polar surface area (TPSA) is 183 Å². The summed E-state index contributed by atoms with van der Waals surface area (Å²) in [5.74, 6) is -2.77. The zero-order valence-electron chi connectivity index (χ0n) is 27.7. The lowest BCUT2D eigenvalue weighted by Gasteiger charge is -2.32. The summed E-state index contributed by atoms with van der Waals surface area (Å²) in [6, 6.07) is -1.45. The van der Waals surface area contributed by atoms with E-state index >= 15 is 0 Å². The number of rotatable bonds is 23. The molecule has 0 spiro atoms. The number of unbranched alkanes of at least 4 members (excludes halogenated alkanes) is 2. The number of amides is 2. The SMILES string of the molecule is C=CC(=O)OCOC(=O)CCCCCOC(=O)NC1CCCC(NC(=O)OCC(F)(F)OC(F)(F)C(F)(F)OC(F)(F)OC(F)(F)COC(=O)CC)C1. The first-order valence-electron chi connectivity index (χ1n) is 15.4. The number of carbonyl (C=O) groups excluding carboxylic acids is 5. The van der Waals surface area contributed by atoms with E-state index in [0.29, 0.717) is 32.1 Å². The number of esters is 3. The summed E-state index contributed by atoms with van der Waals surface area (Å²) in [5.41, 5.74) is 0. The van der Waals surface area contributed by atoms with Gasteiger partial charge in [0.2, 0.25) is 6.79 Å². The molecule has 0 bridgehead atoms. The molecule has 1 fully saturated rings. The molecule has 25 heteroatoms. The van der Waals surface area contributed by atoms with Crippen molar-refractivity contribution in [3.05, 3.63) is 12.7 Å². The lowest BCUT2D eigenvalue weighted by Crippen LogP contribution is -2.54. The lowest BCUT2D eigenvalue weighted by atomic mass is 9.91. The number of carbonyl (C=O) groups is 5. The second-order valence-electron chi connectivity index (χ2n) is 10.8. The predicted octanol–water partition coefficient (Wildman–Crippen LogP) is 5.46. The lowest BCUT2D eigenvalue weighted by molar-refractivity contribution is -0.566. The van der Waals surface area contributed by atoms with Crippen molar-refractivity contribution >= 4 is 30.1 Å². The molecule has 53 heavy (non-hydrogen) atoms. The van der Waals surface area contributed by atoms with E-state index in [1.54, 1.807) is 0 Å². The Kier molecular flexibility index (Phi) is 18.5. The van der Waals surface area contributed by atoms with E-state index in [0.717, 1.165) is 13.0 Å². The number of hydrogen-bond donors (Lipinski definition) is 2. The van der Waals surface area contributed by atoms with Crippen LogP contribution in [0.15, 0.2) is 12.7 Å². The summed E-state index contributed by atoms with van der Waals surface area (Å²) >= 11 is 0. The van der Waals surface area contributed by atoms with E-state index in [9.17, 15) is 67.9 Å². The van der Waals surface area contributed by atoms with Crippen molar-refractivity contribution in [2.45, 2.75) is 108 Å². The first kappa shape index (κ1) is 46.9. The molecule has 0 radical (unpaired) electrons. The molecule has 0 saturated heterocycles. The van der Waals surface area contributed by atoms with E-state index in [1.807, 2.05) is 0 Å². The van der Waals surface area contributed by atoms with Crippen LogP contribution in [-0.4, -0.2) is 99.5 Å². The molecular weight excluding hydrogens is 762 g/mol. The highest BCUT2D eigenvalue weighted by atomic mass is 19.3. The van der Waals surface area contributed by atoms with Gasteiger partial charge in [0.15, 0.2) is 13.2 Å². The molecule has 2 N–H and O–H groups in total. The van der Waals surface area contributed by atoms with Gasteiger partial charge in [-0.25, -0.2) is 28.6 Å². The van der Waals surface area contributed by atoms with Crippen LogP contribution < -0.4 is 10.6 Å². The van der Waals surface area contributed by atoms with Crippen LogP contribution in [0.4, 0.5) is 53.5 Å². The van der Waals surface area contributed by atoms with Gasteiger partial charge in [0.1, 0.15) is 0 Å². The van der Waals surface area contributed by atoms with Gasteiger partial charge in [0.25, 0.3) is 0 Å². The molecule has 0 aromatic rings. The first-order valence-corrected chi connectivity index (χ1v) is 15.4. The zero-order chi connectivity index (χ0) is 40.5. The van der Waals surface area contributed by atoms with Gasteiger partial charge in [-0.05, 0) is 44.9 Å². The van der Waals surface area contributed by atoms with Crippen molar-refractivity contribution in [1.82, 2.24) is 10.6 Å². The Morgan fingerprint density at radius 3 is 1.81 bits per heavy atom. The normalized spacial score (nSPS) is 16.9. The van der Waals surface area contributed by atoms with Crippen molar-refractivity contribution in [1.29, 1.82) is 0 Å². The minimum atomic E-state index is -6.77. The monoisotopic (exact) mass is 798 g/mol. The second-order valence-corrected chi connectivity index (χ2v) is 10.8. The summed E-state index contributed by atoms with van der Waals surface area (Å²) < 4.78 is 166. The standard InChI is InChI=1S/C28H36F10N2O13/c1-3-19(41)47-14-25(31,32)52-28(37,38)53-27(35,36)26(33,34)51-24(29,30)15-48-23(45)40-18-10-8-9-17(13-18)39-22(44)46-12-7-5-6-11-21(43)50-16-49-20(42)4-2/h4,17-18H,2-3,5-16H2,1H3,(H,39,44)(H,40,45). The Hall–Kier alpha value is -4.13. The van der Waals surface area contributed by atoms with Gasteiger partial charge in [-0.3, -0.25) is 9.59 Å². The first-order chi connectivity index (χ1) is 24.4. The molecule has 0 aliphatic heterocycles. The number of nitrogens with one attached hydrogen (secondary N) is 2. The van der Waals surface area contributed by atoms with Crippen molar-refractivity contribution in [3.63, 3.8) is 0 Å². The second kappa shape index (κ2) is 20.9. The van der Waals surface area contributed by atoms with Crippen molar-refractivity contribution in [2.24, 2.45) is 0 Å². The van der Waals surface area contributed by atoms with Crippen LogP contribution in [0.3, 0.4) is 0 Å². The molecule has 0 aromatic carbocycles. The fourth-order valence-corrected chi connectivity index (χ4v) is 3.99. The van der Waals surface area contributed by atoms with Gasteiger partial charge < -0.3 is 34.3 Å². The smallest absolute Gasteiger partial charge is 0.456 e. The minimum absolute atomic E-state index is 0.000682. The molecule has 2 amide bonds. The third-order valence-electron chi connectivity index (χ3n) is 6.36. The van der Waals surface area contributed by atoms with Crippen LogP contribution in [0.25, 0.3) is 0 Å². The van der Waals surface area contributed by atoms with E-state index in [-0.39, 0.29) is 25.9 Å². The van der Waals surface area contributed by atoms with Gasteiger partial charge in [-0.15, -0.1) is 8.78 Å². The summed E-state index contributed by atoms with van der Waals surface area (Å²) in [6.45, 7) is -1.12. The average Bonchev–Trinajstić information content (AvgIpc) is 3.02. The summed E-state index contributed by atoms with van der Waals surface area (Å²) in [7, 11) is 0. The molecule has 0 aromatic heterocycles. The maximum Gasteiger partial charge on any atom is 0.495 e. The van der Waals surface area contributed by atoms with Crippen molar-refractivity contribution in [2.75, 3.05) is 26.6 Å². The molecule has 2 unspecified atom stereocenters. The number of halogens is 10.